The molecule has 1 aliphatic rings. The zero-order valence-electron chi connectivity index (χ0n) is 14.4. The molecule has 1 aliphatic heterocycles. The minimum absolute atomic E-state index is 0.0698. The number of rotatable bonds is 4. The summed E-state index contributed by atoms with van der Waals surface area (Å²) in [5, 5.41) is 2.91. The predicted octanol–water partition coefficient (Wildman–Crippen LogP) is 2.99. The highest BCUT2D eigenvalue weighted by atomic mass is 16.2. The Morgan fingerprint density at radius 2 is 1.76 bits per heavy atom. The van der Waals surface area contributed by atoms with Crippen LogP contribution in [0.1, 0.15) is 34.3 Å². The largest absolute Gasteiger partial charge is 0.399 e. The Kier molecular flexibility index (Phi) is 5.03. The highest BCUT2D eigenvalue weighted by molar-refractivity contribution is 5.97. The lowest BCUT2D eigenvalue weighted by Crippen LogP contribution is -2.27. The van der Waals surface area contributed by atoms with Crippen molar-refractivity contribution in [1.29, 1.82) is 0 Å². The zero-order valence-corrected chi connectivity index (χ0v) is 14.4. The Morgan fingerprint density at radius 1 is 1.08 bits per heavy atom. The van der Waals surface area contributed by atoms with Crippen LogP contribution in [0.5, 0.6) is 0 Å². The number of benzene rings is 2. The average molecular weight is 337 g/mol. The fourth-order valence-electron chi connectivity index (χ4n) is 3.06. The number of hydrogen-bond acceptors (Lipinski definition) is 3. The number of likely N-dealkylation sites (tertiary alicyclic amines) is 1. The van der Waals surface area contributed by atoms with Crippen LogP contribution in [0.4, 0.5) is 11.4 Å². The second-order valence-corrected chi connectivity index (χ2v) is 6.50. The van der Waals surface area contributed by atoms with E-state index in [0.29, 0.717) is 11.3 Å². The summed E-state index contributed by atoms with van der Waals surface area (Å²) in [5.41, 5.74) is 9.54. The Bertz CT molecular complexity index is 778. The van der Waals surface area contributed by atoms with Gasteiger partial charge in [-0.3, -0.25) is 9.59 Å². The van der Waals surface area contributed by atoms with Crippen molar-refractivity contribution in [2.24, 2.45) is 0 Å². The third-order valence-electron chi connectivity index (χ3n) is 4.49. The van der Waals surface area contributed by atoms with Gasteiger partial charge in [0.1, 0.15) is 0 Å². The van der Waals surface area contributed by atoms with Gasteiger partial charge in [-0.15, -0.1) is 0 Å². The minimum Gasteiger partial charge on any atom is -0.399 e. The number of nitrogens with two attached hydrogens (primary N) is 1. The number of amides is 2. The fraction of sp³-hybridized carbons (Fsp3) is 0.300. The molecule has 0 atom stereocenters. The van der Waals surface area contributed by atoms with Crippen LogP contribution >= 0.6 is 0 Å². The molecule has 25 heavy (non-hydrogen) atoms. The van der Waals surface area contributed by atoms with Crippen molar-refractivity contribution in [3.63, 3.8) is 0 Å². The third-order valence-corrected chi connectivity index (χ3v) is 4.49. The molecule has 0 unspecified atom stereocenters. The Hall–Kier alpha value is -2.82. The average Bonchev–Trinajstić information content (AvgIpc) is 3.12. The number of nitrogen functional groups attached to an aromatic ring is 1. The molecule has 130 valence electrons. The van der Waals surface area contributed by atoms with Gasteiger partial charge in [-0.2, -0.15) is 0 Å². The van der Waals surface area contributed by atoms with Crippen LogP contribution in [0.3, 0.4) is 0 Å². The van der Waals surface area contributed by atoms with Gasteiger partial charge in [-0.1, -0.05) is 12.1 Å². The van der Waals surface area contributed by atoms with Gasteiger partial charge in [0.05, 0.1) is 6.42 Å². The lowest BCUT2D eigenvalue weighted by Gasteiger charge is -2.16. The molecule has 0 spiro atoms. The first-order valence-corrected chi connectivity index (χ1v) is 8.57. The molecule has 3 N–H and O–H groups in total. The van der Waals surface area contributed by atoms with Crippen LogP contribution < -0.4 is 11.1 Å². The van der Waals surface area contributed by atoms with Crippen molar-refractivity contribution < 1.29 is 9.59 Å². The molecule has 5 heteroatoms. The Balaban J connectivity index is 1.65. The molecule has 0 aromatic heterocycles. The maximum Gasteiger partial charge on any atom is 0.253 e. The van der Waals surface area contributed by atoms with Crippen LogP contribution in [-0.4, -0.2) is 29.8 Å². The van der Waals surface area contributed by atoms with Crippen molar-refractivity contribution in [3.05, 3.63) is 59.2 Å². The maximum atomic E-state index is 12.4. The number of nitrogens with zero attached hydrogens (tertiary/aromatic N) is 1. The molecule has 2 aromatic rings. The maximum absolute atomic E-state index is 12.4. The van der Waals surface area contributed by atoms with E-state index in [0.717, 1.165) is 42.7 Å². The summed E-state index contributed by atoms with van der Waals surface area (Å²) in [6.45, 7) is 3.56. The van der Waals surface area contributed by atoms with E-state index < -0.39 is 0 Å². The first-order chi connectivity index (χ1) is 12.0. The van der Waals surface area contributed by atoms with Gasteiger partial charge in [0, 0.05) is 30.0 Å². The summed E-state index contributed by atoms with van der Waals surface area (Å²) in [4.78, 5) is 26.5. The summed E-state index contributed by atoms with van der Waals surface area (Å²) in [6.07, 6.45) is 2.43. The van der Waals surface area contributed by atoms with E-state index in [9.17, 15) is 9.59 Å². The lowest BCUT2D eigenvalue weighted by molar-refractivity contribution is -0.115. The first-order valence-electron chi connectivity index (χ1n) is 8.57. The predicted molar refractivity (Wildman–Crippen MR) is 99.5 cm³/mol. The van der Waals surface area contributed by atoms with Gasteiger partial charge in [0.15, 0.2) is 0 Å². The molecule has 1 fully saturated rings. The van der Waals surface area contributed by atoms with Crippen LogP contribution in [0.2, 0.25) is 0 Å². The van der Waals surface area contributed by atoms with Gasteiger partial charge in [-0.05, 0) is 61.2 Å². The standard InChI is InChI=1S/C20H23N3O2/c1-14-12-16(20(25)23-10-2-3-11-23)6-9-18(14)22-19(24)13-15-4-7-17(21)8-5-15/h4-9,12H,2-3,10-11,13,21H2,1H3,(H,22,24). The van der Waals surface area contributed by atoms with Crippen LogP contribution in [0.15, 0.2) is 42.5 Å². The van der Waals surface area contributed by atoms with Gasteiger partial charge < -0.3 is 16.0 Å². The van der Waals surface area contributed by atoms with Crippen molar-refractivity contribution in [2.45, 2.75) is 26.2 Å². The molecule has 0 bridgehead atoms. The van der Waals surface area contributed by atoms with Crippen molar-refractivity contribution in [1.82, 2.24) is 4.90 Å². The number of anilines is 2. The summed E-state index contributed by atoms with van der Waals surface area (Å²) in [6, 6.07) is 12.7. The topological polar surface area (TPSA) is 75.4 Å². The van der Waals surface area contributed by atoms with E-state index in [1.165, 1.54) is 0 Å². The monoisotopic (exact) mass is 337 g/mol. The number of nitrogens with one attached hydrogen (secondary N) is 1. The molecular weight excluding hydrogens is 314 g/mol. The molecule has 0 aliphatic carbocycles. The van der Waals surface area contributed by atoms with E-state index in [4.69, 9.17) is 5.73 Å². The second-order valence-electron chi connectivity index (χ2n) is 6.50. The molecule has 5 nitrogen and oxygen atoms in total. The highest BCUT2D eigenvalue weighted by Crippen LogP contribution is 2.20. The van der Waals surface area contributed by atoms with Crippen molar-refractivity contribution in [2.75, 3.05) is 24.1 Å². The Labute approximate surface area is 147 Å². The van der Waals surface area contributed by atoms with Gasteiger partial charge in [0.2, 0.25) is 5.91 Å². The first kappa shape index (κ1) is 17.0. The van der Waals surface area contributed by atoms with Crippen molar-refractivity contribution >= 4 is 23.2 Å². The number of carbonyl (C=O) groups is 2. The van der Waals surface area contributed by atoms with E-state index >= 15 is 0 Å². The number of hydrogen-bond donors (Lipinski definition) is 2. The quantitative estimate of drug-likeness (QED) is 0.842. The van der Waals surface area contributed by atoms with Gasteiger partial charge in [0.25, 0.3) is 5.91 Å². The normalized spacial score (nSPS) is 13.7. The molecule has 1 saturated heterocycles. The molecular formula is C20H23N3O2. The molecule has 1 heterocycles. The minimum atomic E-state index is -0.0912. The number of aryl methyl sites for hydroxylation is 1. The molecule has 2 aromatic carbocycles. The summed E-state index contributed by atoms with van der Waals surface area (Å²) >= 11 is 0. The van der Waals surface area contributed by atoms with Crippen LogP contribution in [-0.2, 0) is 11.2 Å². The van der Waals surface area contributed by atoms with Gasteiger partial charge in [-0.25, -0.2) is 0 Å². The van der Waals surface area contributed by atoms with Crippen LogP contribution in [0.25, 0.3) is 0 Å². The zero-order chi connectivity index (χ0) is 17.8. The van der Waals surface area contributed by atoms with Crippen molar-refractivity contribution in [3.8, 4) is 0 Å². The van der Waals surface area contributed by atoms with Gasteiger partial charge >= 0.3 is 0 Å². The molecule has 0 radical (unpaired) electrons. The van der Waals surface area contributed by atoms with E-state index in [-0.39, 0.29) is 18.2 Å². The van der Waals surface area contributed by atoms with E-state index in [2.05, 4.69) is 5.32 Å². The smallest absolute Gasteiger partial charge is 0.253 e. The second kappa shape index (κ2) is 7.38. The number of carbonyl (C=O) groups excluding carboxylic acids is 2. The molecule has 2 amide bonds. The van der Waals surface area contributed by atoms with Crippen LogP contribution in [0, 0.1) is 6.92 Å². The molecule has 3 rings (SSSR count). The van der Waals surface area contributed by atoms with E-state index in [1.54, 1.807) is 24.3 Å². The third kappa shape index (κ3) is 4.18. The van der Waals surface area contributed by atoms with E-state index in [1.807, 2.05) is 30.0 Å². The lowest BCUT2D eigenvalue weighted by atomic mass is 10.1. The highest BCUT2D eigenvalue weighted by Gasteiger charge is 2.20. The SMILES string of the molecule is Cc1cc(C(=O)N2CCCC2)ccc1NC(=O)Cc1ccc(N)cc1. The summed E-state index contributed by atoms with van der Waals surface area (Å²) in [7, 11) is 0. The summed E-state index contributed by atoms with van der Waals surface area (Å²) in [5.74, 6) is -0.0214. The Morgan fingerprint density at radius 3 is 2.40 bits per heavy atom. The summed E-state index contributed by atoms with van der Waals surface area (Å²) < 4.78 is 0. The molecule has 0 saturated carbocycles. The fourth-order valence-corrected chi connectivity index (χ4v) is 3.06.